The molecule has 1 aliphatic carbocycles. The fourth-order valence-electron chi connectivity index (χ4n) is 2.68. The van der Waals surface area contributed by atoms with Gasteiger partial charge in [0.1, 0.15) is 0 Å². The Labute approximate surface area is 96.7 Å². The van der Waals surface area contributed by atoms with Crippen molar-refractivity contribution in [2.24, 2.45) is 0 Å². The van der Waals surface area contributed by atoms with Gasteiger partial charge in [-0.3, -0.25) is 0 Å². The largest absolute Gasteiger partial charge is 0.339 e. The van der Waals surface area contributed by atoms with E-state index in [0.29, 0.717) is 12.1 Å². The predicted octanol–water partition coefficient (Wildman–Crippen LogP) is 1.40. The zero-order chi connectivity index (χ0) is 11.1. The van der Waals surface area contributed by atoms with Gasteiger partial charge in [-0.2, -0.15) is 0 Å². The van der Waals surface area contributed by atoms with E-state index < -0.39 is 0 Å². The molecule has 4 heteroatoms. The third-order valence-corrected chi connectivity index (χ3v) is 3.43. The number of hydrogen-bond donors (Lipinski definition) is 1. The molecule has 1 aromatic rings. The Bertz CT molecular complexity index is 359. The summed E-state index contributed by atoms with van der Waals surface area (Å²) < 4.78 is 2.35. The Morgan fingerprint density at radius 1 is 1.25 bits per heavy atom. The van der Waals surface area contributed by atoms with Crippen LogP contribution in [0.15, 0.2) is 12.4 Å². The second-order valence-electron chi connectivity index (χ2n) is 5.24. The molecular weight excluding hydrogens is 200 g/mol. The predicted molar refractivity (Wildman–Crippen MR) is 64.8 cm³/mol. The summed E-state index contributed by atoms with van der Waals surface area (Å²) in [5, 5.41) is 3.56. The summed E-state index contributed by atoms with van der Waals surface area (Å²) in [5.74, 6) is 1.17. The number of nitrogens with one attached hydrogen (secondary N) is 1. The van der Waals surface area contributed by atoms with E-state index in [1.54, 1.807) is 0 Å². The molecule has 2 aliphatic rings. The molecule has 0 amide bonds. The molecule has 2 atom stereocenters. The van der Waals surface area contributed by atoms with E-state index >= 15 is 0 Å². The van der Waals surface area contributed by atoms with Crippen LogP contribution in [0.4, 0.5) is 5.95 Å². The Morgan fingerprint density at radius 2 is 1.94 bits per heavy atom. The van der Waals surface area contributed by atoms with Gasteiger partial charge in [0.15, 0.2) is 0 Å². The molecule has 16 heavy (non-hydrogen) atoms. The minimum Gasteiger partial charge on any atom is -0.339 e. The van der Waals surface area contributed by atoms with Crippen molar-refractivity contribution in [2.45, 2.75) is 44.8 Å². The number of imidazole rings is 1. The van der Waals surface area contributed by atoms with E-state index in [1.165, 1.54) is 18.8 Å². The highest BCUT2D eigenvalue weighted by Crippen LogP contribution is 2.37. The Morgan fingerprint density at radius 3 is 2.56 bits per heavy atom. The Kier molecular flexibility index (Phi) is 2.39. The van der Waals surface area contributed by atoms with Gasteiger partial charge < -0.3 is 14.8 Å². The number of hydrogen-bond acceptors (Lipinski definition) is 3. The quantitative estimate of drug-likeness (QED) is 0.818. The maximum atomic E-state index is 4.53. The fourth-order valence-corrected chi connectivity index (χ4v) is 2.68. The van der Waals surface area contributed by atoms with E-state index in [-0.39, 0.29) is 0 Å². The number of nitrogens with zero attached hydrogens (tertiary/aromatic N) is 3. The van der Waals surface area contributed by atoms with Crippen LogP contribution in [0.5, 0.6) is 0 Å². The Balaban J connectivity index is 1.82. The van der Waals surface area contributed by atoms with Crippen molar-refractivity contribution in [2.75, 3.05) is 18.0 Å². The first-order valence-electron chi connectivity index (χ1n) is 6.28. The first kappa shape index (κ1) is 10.1. The minimum absolute atomic E-state index is 0.549. The van der Waals surface area contributed by atoms with E-state index in [0.717, 1.165) is 19.1 Å². The van der Waals surface area contributed by atoms with Crippen molar-refractivity contribution in [1.82, 2.24) is 14.9 Å². The average Bonchev–Trinajstić information content (AvgIpc) is 2.94. The summed E-state index contributed by atoms with van der Waals surface area (Å²) in [6, 6.07) is 1.82. The molecule has 1 aromatic heterocycles. The van der Waals surface area contributed by atoms with Crippen LogP contribution in [0.2, 0.25) is 0 Å². The lowest BCUT2D eigenvalue weighted by atomic mass is 10.1. The van der Waals surface area contributed by atoms with Gasteiger partial charge in [-0.05, 0) is 26.7 Å². The van der Waals surface area contributed by atoms with Gasteiger partial charge in [0.25, 0.3) is 0 Å². The lowest BCUT2D eigenvalue weighted by Gasteiger charge is -2.37. The molecule has 4 nitrogen and oxygen atoms in total. The van der Waals surface area contributed by atoms with Gasteiger partial charge in [0, 0.05) is 43.6 Å². The molecule has 88 valence electrons. The lowest BCUT2D eigenvalue weighted by molar-refractivity contribution is 0.400. The van der Waals surface area contributed by atoms with Crippen LogP contribution < -0.4 is 10.2 Å². The molecule has 2 heterocycles. The third kappa shape index (κ3) is 1.82. The Hall–Kier alpha value is -1.03. The van der Waals surface area contributed by atoms with E-state index in [9.17, 15) is 0 Å². The number of aromatic nitrogens is 2. The summed E-state index contributed by atoms with van der Waals surface area (Å²) in [5.41, 5.74) is 0. The van der Waals surface area contributed by atoms with E-state index in [1.807, 2.05) is 6.20 Å². The molecule has 2 fully saturated rings. The van der Waals surface area contributed by atoms with Crippen LogP contribution in [0, 0.1) is 0 Å². The second kappa shape index (κ2) is 3.77. The van der Waals surface area contributed by atoms with Gasteiger partial charge in [-0.25, -0.2) is 4.98 Å². The first-order valence-corrected chi connectivity index (χ1v) is 6.28. The maximum absolute atomic E-state index is 4.53. The fraction of sp³-hybridized carbons (Fsp3) is 0.750. The average molecular weight is 220 g/mol. The van der Waals surface area contributed by atoms with Gasteiger partial charge in [-0.1, -0.05) is 0 Å². The molecule has 0 radical (unpaired) electrons. The highest BCUT2D eigenvalue weighted by Gasteiger charge is 2.29. The molecule has 1 saturated carbocycles. The van der Waals surface area contributed by atoms with Gasteiger partial charge in [0.05, 0.1) is 0 Å². The van der Waals surface area contributed by atoms with Crippen molar-refractivity contribution in [1.29, 1.82) is 0 Å². The maximum Gasteiger partial charge on any atom is 0.205 e. The van der Waals surface area contributed by atoms with Crippen molar-refractivity contribution >= 4 is 5.95 Å². The molecular formula is C12H20N4. The van der Waals surface area contributed by atoms with Crippen LogP contribution in [-0.2, 0) is 0 Å². The van der Waals surface area contributed by atoms with Crippen LogP contribution >= 0.6 is 0 Å². The zero-order valence-electron chi connectivity index (χ0n) is 10.1. The van der Waals surface area contributed by atoms with Crippen molar-refractivity contribution < 1.29 is 0 Å². The summed E-state index contributed by atoms with van der Waals surface area (Å²) >= 11 is 0. The summed E-state index contributed by atoms with van der Waals surface area (Å²) in [6.07, 6.45) is 6.70. The molecule has 1 N–H and O–H groups in total. The van der Waals surface area contributed by atoms with E-state index in [2.05, 4.69) is 39.8 Å². The summed E-state index contributed by atoms with van der Waals surface area (Å²) in [6.45, 7) is 6.61. The highest BCUT2D eigenvalue weighted by atomic mass is 15.3. The van der Waals surface area contributed by atoms with Crippen molar-refractivity contribution in [3.8, 4) is 0 Å². The molecule has 0 spiro atoms. The zero-order valence-corrected chi connectivity index (χ0v) is 10.1. The highest BCUT2D eigenvalue weighted by molar-refractivity contribution is 5.34. The van der Waals surface area contributed by atoms with E-state index in [4.69, 9.17) is 0 Å². The normalized spacial score (nSPS) is 30.8. The molecule has 1 aliphatic heterocycles. The topological polar surface area (TPSA) is 33.1 Å². The van der Waals surface area contributed by atoms with Crippen molar-refractivity contribution in [3.05, 3.63) is 12.4 Å². The van der Waals surface area contributed by atoms with Crippen LogP contribution in [0.3, 0.4) is 0 Å². The van der Waals surface area contributed by atoms with Gasteiger partial charge in [-0.15, -0.1) is 0 Å². The smallest absolute Gasteiger partial charge is 0.205 e. The molecule has 0 bridgehead atoms. The second-order valence-corrected chi connectivity index (χ2v) is 5.24. The first-order chi connectivity index (χ1) is 7.74. The molecule has 1 saturated heterocycles. The molecule has 3 rings (SSSR count). The summed E-state index contributed by atoms with van der Waals surface area (Å²) in [7, 11) is 0. The van der Waals surface area contributed by atoms with Gasteiger partial charge >= 0.3 is 0 Å². The number of anilines is 1. The van der Waals surface area contributed by atoms with Crippen LogP contribution in [0.1, 0.15) is 32.7 Å². The number of rotatable bonds is 2. The summed E-state index contributed by atoms with van der Waals surface area (Å²) in [4.78, 5) is 6.95. The molecule has 2 unspecified atom stereocenters. The van der Waals surface area contributed by atoms with Crippen LogP contribution in [-0.4, -0.2) is 34.7 Å². The minimum atomic E-state index is 0.549. The third-order valence-electron chi connectivity index (χ3n) is 3.43. The van der Waals surface area contributed by atoms with Gasteiger partial charge in [0.2, 0.25) is 5.95 Å². The SMILES string of the molecule is CC1CN(c2nccn2C2CC2)CC(C)N1. The van der Waals surface area contributed by atoms with Crippen LogP contribution in [0.25, 0.3) is 0 Å². The lowest BCUT2D eigenvalue weighted by Crippen LogP contribution is -2.55. The standard InChI is InChI=1S/C12H20N4/c1-9-7-15(8-10(2)14-9)12-13-5-6-16(12)11-3-4-11/h5-6,9-11,14H,3-4,7-8H2,1-2H3. The monoisotopic (exact) mass is 220 g/mol. The number of piperazine rings is 1. The molecule has 0 aromatic carbocycles. The van der Waals surface area contributed by atoms with Crippen molar-refractivity contribution in [3.63, 3.8) is 0 Å².